The first-order chi connectivity index (χ1) is 28.9. The Bertz CT molecular complexity index is 2330. The normalized spacial score (nSPS) is 23.7. The number of ether oxygens (including phenoxy) is 1. The van der Waals surface area contributed by atoms with Crippen molar-refractivity contribution in [2.45, 2.75) is 94.8 Å². The first-order valence-corrected chi connectivity index (χ1v) is 23.3. The first-order valence-electron chi connectivity index (χ1n) is 20.4. The average Bonchev–Trinajstić information content (AvgIpc) is 3.99. The zero-order valence-corrected chi connectivity index (χ0v) is 35.9. The van der Waals surface area contributed by atoms with Crippen molar-refractivity contribution in [3.05, 3.63) is 99.9 Å². The van der Waals surface area contributed by atoms with Gasteiger partial charge in [0.15, 0.2) is 0 Å². The number of rotatable bonds is 13. The van der Waals surface area contributed by atoms with Gasteiger partial charge in [0.1, 0.15) is 23.9 Å². The molecular weight excluding hydrogens is 828 g/mol. The van der Waals surface area contributed by atoms with Crippen LogP contribution in [0.15, 0.2) is 78.9 Å². The number of hydrogen-bond donors (Lipinski definition) is 2. The standard InChI is InChI=1S/C44H48ClFN5O7PS/c1-3-20-57-44(55)27(2)49-59(56,58-34-13-5-4-6-14-34)40(46)29-16-19-38-30(21-29)23-39(60-38)41(52)48-36-15-8-7-12-33-17-18-37(51(33)42(36)53)43(54)50-25-31(24-47)35(26-50)28-10-9-11-32(45)22-28/h4-6,9-11,13-14,16,19,21-23,27,31,33,35-37,40H,3,7-8,12,15,17-18,20,25-26H2,1-2H3,(H,48,52)(H,49,56)/t27-,31-,33-,35+,36-,37-,40+,59?/m0/s1. The van der Waals surface area contributed by atoms with E-state index in [2.05, 4.69) is 16.5 Å². The minimum Gasteiger partial charge on any atom is -0.465 e. The number of para-hydroxylation sites is 1. The predicted molar refractivity (Wildman–Crippen MR) is 227 cm³/mol. The van der Waals surface area contributed by atoms with Crippen LogP contribution in [0.25, 0.3) is 10.1 Å². The second-order valence-electron chi connectivity index (χ2n) is 15.7. The number of amides is 3. The van der Waals surface area contributed by atoms with Crippen molar-refractivity contribution >= 4 is 64.2 Å². The van der Waals surface area contributed by atoms with Crippen LogP contribution in [0.4, 0.5) is 4.39 Å². The third kappa shape index (κ3) is 9.40. The highest BCUT2D eigenvalue weighted by molar-refractivity contribution is 7.57. The summed E-state index contributed by atoms with van der Waals surface area (Å²) in [6.07, 6.45) is 4.47. The number of likely N-dealkylation sites (tertiary alicyclic amines) is 1. The quantitative estimate of drug-likeness (QED) is 0.0993. The Balaban J connectivity index is 1.07. The maximum atomic E-state index is 16.5. The summed E-state index contributed by atoms with van der Waals surface area (Å²) < 4.78 is 42.4. The van der Waals surface area contributed by atoms with Gasteiger partial charge in [0.05, 0.1) is 23.5 Å². The van der Waals surface area contributed by atoms with Crippen molar-refractivity contribution in [2.75, 3.05) is 19.7 Å². The SMILES string of the molecule is CCCOC(=O)[C@H](C)NP(=O)(Oc1ccccc1)[C@@H](F)c1ccc2sc(C(=O)N[C@H]3CCCC[C@H]4CC[C@@H](C(=O)N5C[C@H](c6cccc(Cl)c6)[C@@H](C#N)C5)N4C3=O)cc2c1. The van der Waals surface area contributed by atoms with Gasteiger partial charge in [-0.15, -0.1) is 11.3 Å². The summed E-state index contributed by atoms with van der Waals surface area (Å²) in [6, 6.07) is 21.2. The number of carbonyl (C=O) groups is 4. The molecule has 2 N–H and O–H groups in total. The maximum absolute atomic E-state index is 16.5. The molecule has 0 saturated carbocycles. The zero-order valence-electron chi connectivity index (χ0n) is 33.4. The number of esters is 1. The number of hydrogen-bond acceptors (Lipinski definition) is 9. The summed E-state index contributed by atoms with van der Waals surface area (Å²) in [5.74, 6) is -4.34. The molecule has 0 spiro atoms. The molecule has 4 aromatic rings. The summed E-state index contributed by atoms with van der Waals surface area (Å²) in [4.78, 5) is 58.7. The second kappa shape index (κ2) is 18.9. The van der Waals surface area contributed by atoms with Gasteiger partial charge in [-0.05, 0) is 98.0 Å². The molecule has 8 atom stereocenters. The Hall–Kier alpha value is -4.80. The van der Waals surface area contributed by atoms with E-state index in [-0.39, 0.29) is 48.2 Å². The number of halogens is 2. The second-order valence-corrected chi connectivity index (χ2v) is 19.3. The number of nitrogens with zero attached hydrogens (tertiary/aromatic N) is 3. The number of nitriles is 1. The molecule has 1 unspecified atom stereocenters. The summed E-state index contributed by atoms with van der Waals surface area (Å²) in [7, 11) is -4.46. The van der Waals surface area contributed by atoms with Crippen LogP contribution in [0.2, 0.25) is 5.02 Å². The Morgan fingerprint density at radius 3 is 2.55 bits per heavy atom. The van der Waals surface area contributed by atoms with Gasteiger partial charge in [0.25, 0.3) is 5.91 Å². The van der Waals surface area contributed by atoms with Crippen LogP contribution in [-0.4, -0.2) is 77.4 Å². The molecule has 16 heteroatoms. The molecule has 3 saturated heterocycles. The van der Waals surface area contributed by atoms with Gasteiger partial charge in [-0.25, -0.2) is 9.48 Å². The molecule has 3 fully saturated rings. The molecule has 316 valence electrons. The fraction of sp³-hybridized carbons (Fsp3) is 0.432. The summed E-state index contributed by atoms with van der Waals surface area (Å²) >= 11 is 7.43. The lowest BCUT2D eigenvalue weighted by Gasteiger charge is -2.36. The molecule has 0 aliphatic carbocycles. The number of fused-ring (bicyclic) bond motifs is 2. The lowest BCUT2D eigenvalue weighted by atomic mass is 9.90. The molecule has 3 amide bonds. The van der Waals surface area contributed by atoms with Crippen molar-refractivity contribution in [3.63, 3.8) is 0 Å². The number of benzene rings is 3. The fourth-order valence-electron chi connectivity index (χ4n) is 8.48. The van der Waals surface area contributed by atoms with Crippen LogP contribution < -0.4 is 14.9 Å². The Morgan fingerprint density at radius 2 is 1.80 bits per heavy atom. The maximum Gasteiger partial charge on any atom is 0.355 e. The number of alkyl halides is 1. The Labute approximate surface area is 357 Å². The van der Waals surface area contributed by atoms with E-state index in [4.69, 9.17) is 20.9 Å². The summed E-state index contributed by atoms with van der Waals surface area (Å²) in [5, 5.41) is 16.6. The summed E-state index contributed by atoms with van der Waals surface area (Å²) in [5.41, 5.74) is 0.906. The Kier molecular flexibility index (Phi) is 13.6. The third-order valence-electron chi connectivity index (χ3n) is 11.5. The monoisotopic (exact) mass is 875 g/mol. The van der Waals surface area contributed by atoms with E-state index in [0.717, 1.165) is 24.8 Å². The van der Waals surface area contributed by atoms with Crippen LogP contribution in [0, 0.1) is 17.2 Å². The largest absolute Gasteiger partial charge is 0.465 e. The van der Waals surface area contributed by atoms with Gasteiger partial charge in [-0.2, -0.15) is 5.26 Å². The van der Waals surface area contributed by atoms with Crippen molar-refractivity contribution < 1.29 is 37.4 Å². The van der Waals surface area contributed by atoms with E-state index in [0.29, 0.717) is 52.2 Å². The molecule has 12 nitrogen and oxygen atoms in total. The van der Waals surface area contributed by atoms with Crippen LogP contribution in [0.3, 0.4) is 0 Å². The molecule has 4 heterocycles. The highest BCUT2D eigenvalue weighted by Crippen LogP contribution is 2.58. The van der Waals surface area contributed by atoms with Gasteiger partial charge in [0.2, 0.25) is 17.7 Å². The highest BCUT2D eigenvalue weighted by Gasteiger charge is 2.48. The molecule has 1 aromatic heterocycles. The number of carbonyl (C=O) groups excluding carboxylic acids is 4. The molecule has 3 aliphatic heterocycles. The van der Waals surface area contributed by atoms with E-state index in [1.807, 2.05) is 25.1 Å². The van der Waals surface area contributed by atoms with Gasteiger partial charge in [-0.3, -0.25) is 23.7 Å². The van der Waals surface area contributed by atoms with E-state index in [1.165, 1.54) is 42.5 Å². The van der Waals surface area contributed by atoms with Crippen molar-refractivity contribution in [1.29, 1.82) is 5.26 Å². The van der Waals surface area contributed by atoms with Crippen molar-refractivity contribution in [2.24, 2.45) is 5.92 Å². The molecule has 3 aromatic carbocycles. The van der Waals surface area contributed by atoms with Crippen molar-refractivity contribution in [1.82, 2.24) is 20.2 Å². The lowest BCUT2D eigenvalue weighted by molar-refractivity contribution is -0.146. The van der Waals surface area contributed by atoms with Gasteiger partial charge in [-0.1, -0.05) is 67.8 Å². The minimum atomic E-state index is -4.46. The molecule has 0 radical (unpaired) electrons. The van der Waals surface area contributed by atoms with Gasteiger partial charge >= 0.3 is 13.5 Å². The van der Waals surface area contributed by atoms with Crippen LogP contribution >= 0.6 is 30.5 Å². The zero-order chi connectivity index (χ0) is 42.6. The Morgan fingerprint density at radius 1 is 1.02 bits per heavy atom. The molecule has 60 heavy (non-hydrogen) atoms. The van der Waals surface area contributed by atoms with Crippen LogP contribution in [0.5, 0.6) is 5.75 Å². The number of thiophene rings is 1. The predicted octanol–water partition coefficient (Wildman–Crippen LogP) is 8.52. The smallest absolute Gasteiger partial charge is 0.355 e. The van der Waals surface area contributed by atoms with E-state index < -0.39 is 49.4 Å². The van der Waals surface area contributed by atoms with E-state index >= 15 is 4.39 Å². The van der Waals surface area contributed by atoms with Gasteiger partial charge < -0.3 is 24.4 Å². The van der Waals surface area contributed by atoms with Crippen molar-refractivity contribution in [3.8, 4) is 11.8 Å². The lowest BCUT2D eigenvalue weighted by Crippen LogP contribution is -2.56. The fourth-order valence-corrected chi connectivity index (χ4v) is 11.5. The topological polar surface area (TPSA) is 158 Å². The average molecular weight is 876 g/mol. The molecular formula is C44H48ClFN5O7PS. The van der Waals surface area contributed by atoms with Gasteiger partial charge in [0, 0.05) is 34.8 Å². The molecule has 0 bridgehead atoms. The summed E-state index contributed by atoms with van der Waals surface area (Å²) in [6.45, 7) is 4.02. The first kappa shape index (κ1) is 43.3. The third-order valence-corrected chi connectivity index (χ3v) is 15.0. The molecule has 3 aliphatic rings. The highest BCUT2D eigenvalue weighted by atomic mass is 35.5. The van der Waals surface area contributed by atoms with E-state index in [1.54, 1.807) is 46.2 Å². The molecule has 7 rings (SSSR count). The minimum absolute atomic E-state index is 0.0112. The van der Waals surface area contributed by atoms with Crippen LogP contribution in [-0.2, 0) is 23.7 Å². The van der Waals surface area contributed by atoms with E-state index in [9.17, 15) is 29.0 Å². The van der Waals surface area contributed by atoms with Crippen LogP contribution in [0.1, 0.15) is 91.4 Å². The number of nitrogens with one attached hydrogen (secondary N) is 2.